The van der Waals surface area contributed by atoms with Crippen LogP contribution in [-0.2, 0) is 0 Å². The third kappa shape index (κ3) is 3.51. The van der Waals surface area contributed by atoms with Crippen LogP contribution in [0.2, 0.25) is 0 Å². The van der Waals surface area contributed by atoms with Crippen LogP contribution in [0.3, 0.4) is 0 Å². The van der Waals surface area contributed by atoms with E-state index in [2.05, 4.69) is 47.6 Å². The number of rotatable bonds is 6. The number of nitrogens with zero attached hydrogens (tertiary/aromatic N) is 2. The van der Waals surface area contributed by atoms with Crippen LogP contribution in [0.25, 0.3) is 0 Å². The number of hydrogen-bond acceptors (Lipinski definition) is 4. The molecule has 20 heavy (non-hydrogen) atoms. The van der Waals surface area contributed by atoms with Crippen molar-refractivity contribution >= 4 is 17.6 Å². The molecule has 1 heterocycles. The van der Waals surface area contributed by atoms with Crippen molar-refractivity contribution in [3.63, 3.8) is 0 Å². The molecule has 0 radical (unpaired) electrons. The topological polar surface area (TPSA) is 37.8 Å². The molecule has 0 aliphatic heterocycles. The number of benzene rings is 1. The van der Waals surface area contributed by atoms with E-state index in [-0.39, 0.29) is 0 Å². The SMILES string of the molecule is CCCNc1cc(Sc2ccccc2)nc(C2CC2)n1. The first-order valence-corrected chi connectivity index (χ1v) is 8.02. The molecule has 1 aliphatic carbocycles. The van der Waals surface area contributed by atoms with E-state index in [1.54, 1.807) is 11.8 Å². The minimum Gasteiger partial charge on any atom is -0.370 e. The lowest BCUT2D eigenvalue weighted by Crippen LogP contribution is -2.05. The average Bonchev–Trinajstić information content (AvgIpc) is 3.31. The zero-order valence-corrected chi connectivity index (χ0v) is 12.5. The lowest BCUT2D eigenvalue weighted by atomic mass is 10.4. The van der Waals surface area contributed by atoms with Crippen LogP contribution in [0, 0.1) is 0 Å². The number of hydrogen-bond donors (Lipinski definition) is 1. The highest BCUT2D eigenvalue weighted by Gasteiger charge is 2.27. The molecular weight excluding hydrogens is 266 g/mol. The van der Waals surface area contributed by atoms with Crippen LogP contribution >= 0.6 is 11.8 Å². The maximum absolute atomic E-state index is 4.71. The molecule has 3 nitrogen and oxygen atoms in total. The second-order valence-electron chi connectivity index (χ2n) is 5.07. The van der Waals surface area contributed by atoms with Crippen molar-refractivity contribution in [2.45, 2.75) is 42.0 Å². The van der Waals surface area contributed by atoms with Gasteiger partial charge in [-0.1, -0.05) is 36.9 Å². The van der Waals surface area contributed by atoms with Crippen LogP contribution in [0.5, 0.6) is 0 Å². The first-order valence-electron chi connectivity index (χ1n) is 7.21. The quantitative estimate of drug-likeness (QED) is 0.802. The van der Waals surface area contributed by atoms with Crippen LogP contribution in [-0.4, -0.2) is 16.5 Å². The largest absolute Gasteiger partial charge is 0.370 e. The molecule has 0 unspecified atom stereocenters. The van der Waals surface area contributed by atoms with Crippen LogP contribution in [0.1, 0.15) is 37.9 Å². The Morgan fingerprint density at radius 3 is 2.70 bits per heavy atom. The van der Waals surface area contributed by atoms with Gasteiger partial charge in [0.1, 0.15) is 16.7 Å². The molecule has 2 aromatic rings. The standard InChI is InChI=1S/C16H19N3S/c1-2-10-17-14-11-15(19-16(18-14)12-8-9-12)20-13-6-4-3-5-7-13/h3-7,11-12H,2,8-10H2,1H3,(H,17,18,19). The minimum atomic E-state index is 0.577. The Morgan fingerprint density at radius 2 is 2.00 bits per heavy atom. The monoisotopic (exact) mass is 285 g/mol. The molecule has 1 saturated carbocycles. The van der Waals surface area contributed by atoms with Gasteiger partial charge in [0.25, 0.3) is 0 Å². The summed E-state index contributed by atoms with van der Waals surface area (Å²) in [5, 5.41) is 4.41. The summed E-state index contributed by atoms with van der Waals surface area (Å²) in [5.74, 6) is 2.54. The van der Waals surface area contributed by atoms with Crippen LogP contribution in [0.15, 0.2) is 46.3 Å². The summed E-state index contributed by atoms with van der Waals surface area (Å²) < 4.78 is 0. The molecule has 1 aromatic carbocycles. The Balaban J connectivity index is 1.83. The van der Waals surface area contributed by atoms with Crippen LogP contribution in [0.4, 0.5) is 5.82 Å². The maximum Gasteiger partial charge on any atom is 0.135 e. The lowest BCUT2D eigenvalue weighted by molar-refractivity contribution is 0.868. The van der Waals surface area contributed by atoms with E-state index in [9.17, 15) is 0 Å². The fourth-order valence-electron chi connectivity index (χ4n) is 1.97. The van der Waals surface area contributed by atoms with E-state index in [0.717, 1.165) is 29.6 Å². The molecule has 4 heteroatoms. The van der Waals surface area contributed by atoms with Gasteiger partial charge in [-0.25, -0.2) is 9.97 Å². The summed E-state index contributed by atoms with van der Waals surface area (Å²) in [6.07, 6.45) is 3.56. The lowest BCUT2D eigenvalue weighted by Gasteiger charge is -2.09. The van der Waals surface area contributed by atoms with Gasteiger partial charge < -0.3 is 5.32 Å². The fraction of sp³-hybridized carbons (Fsp3) is 0.375. The fourth-order valence-corrected chi connectivity index (χ4v) is 2.82. The zero-order valence-electron chi connectivity index (χ0n) is 11.7. The molecule has 0 atom stereocenters. The summed E-state index contributed by atoms with van der Waals surface area (Å²) in [5.41, 5.74) is 0. The Morgan fingerprint density at radius 1 is 1.20 bits per heavy atom. The molecule has 0 spiro atoms. The van der Waals surface area contributed by atoms with Crippen molar-refractivity contribution in [3.05, 3.63) is 42.2 Å². The minimum absolute atomic E-state index is 0.577. The smallest absolute Gasteiger partial charge is 0.135 e. The average molecular weight is 285 g/mol. The van der Waals surface area contributed by atoms with Gasteiger partial charge in [-0.05, 0) is 31.4 Å². The summed E-state index contributed by atoms with van der Waals surface area (Å²) in [7, 11) is 0. The van der Waals surface area contributed by atoms with Crippen molar-refractivity contribution in [1.29, 1.82) is 0 Å². The maximum atomic E-state index is 4.71. The van der Waals surface area contributed by atoms with E-state index in [1.807, 2.05) is 6.07 Å². The molecule has 0 bridgehead atoms. The van der Waals surface area contributed by atoms with Gasteiger partial charge in [-0.2, -0.15) is 0 Å². The molecule has 0 saturated heterocycles. The predicted octanol–water partition coefficient (Wildman–Crippen LogP) is 4.33. The summed E-state index contributed by atoms with van der Waals surface area (Å²) in [4.78, 5) is 10.6. The molecular formula is C16H19N3S. The van der Waals surface area contributed by atoms with Crippen molar-refractivity contribution in [1.82, 2.24) is 9.97 Å². The van der Waals surface area contributed by atoms with E-state index >= 15 is 0 Å². The van der Waals surface area contributed by atoms with Gasteiger partial charge in [0.05, 0.1) is 0 Å². The van der Waals surface area contributed by atoms with Crippen molar-refractivity contribution < 1.29 is 0 Å². The molecule has 1 fully saturated rings. The Labute approximate surface area is 124 Å². The van der Waals surface area contributed by atoms with Gasteiger partial charge in [-0.15, -0.1) is 0 Å². The van der Waals surface area contributed by atoms with E-state index in [4.69, 9.17) is 4.98 Å². The summed E-state index contributed by atoms with van der Waals surface area (Å²) in [6.45, 7) is 3.12. The molecule has 1 aliphatic rings. The van der Waals surface area contributed by atoms with Crippen molar-refractivity contribution in [2.75, 3.05) is 11.9 Å². The molecule has 0 amide bonds. The predicted molar refractivity (Wildman–Crippen MR) is 83.4 cm³/mol. The molecule has 104 valence electrons. The zero-order chi connectivity index (χ0) is 13.8. The first kappa shape index (κ1) is 13.4. The van der Waals surface area contributed by atoms with E-state index < -0.39 is 0 Å². The van der Waals surface area contributed by atoms with Gasteiger partial charge in [0.2, 0.25) is 0 Å². The van der Waals surface area contributed by atoms with Gasteiger partial charge >= 0.3 is 0 Å². The molecule has 1 N–H and O–H groups in total. The molecule has 3 rings (SSSR count). The van der Waals surface area contributed by atoms with Gasteiger partial charge in [0.15, 0.2) is 0 Å². The van der Waals surface area contributed by atoms with Crippen molar-refractivity contribution in [3.8, 4) is 0 Å². The summed E-state index contributed by atoms with van der Waals surface area (Å²) >= 11 is 1.70. The number of anilines is 1. The van der Waals surface area contributed by atoms with Gasteiger partial charge in [0, 0.05) is 23.4 Å². The van der Waals surface area contributed by atoms with Gasteiger partial charge in [-0.3, -0.25) is 0 Å². The van der Waals surface area contributed by atoms with Crippen LogP contribution < -0.4 is 5.32 Å². The Kier molecular flexibility index (Phi) is 4.21. The van der Waals surface area contributed by atoms with E-state index in [1.165, 1.54) is 17.7 Å². The number of aromatic nitrogens is 2. The highest BCUT2D eigenvalue weighted by molar-refractivity contribution is 7.99. The third-order valence-electron chi connectivity index (χ3n) is 3.18. The second kappa shape index (κ2) is 6.27. The highest BCUT2D eigenvalue weighted by atomic mass is 32.2. The summed E-state index contributed by atoms with van der Waals surface area (Å²) in [6, 6.07) is 12.4. The van der Waals surface area contributed by atoms with E-state index in [0.29, 0.717) is 5.92 Å². The third-order valence-corrected chi connectivity index (χ3v) is 4.11. The Hall–Kier alpha value is -1.55. The second-order valence-corrected chi connectivity index (χ2v) is 6.16. The molecule has 1 aromatic heterocycles. The normalized spacial score (nSPS) is 14.2. The van der Waals surface area contributed by atoms with Crippen molar-refractivity contribution in [2.24, 2.45) is 0 Å². The first-order chi connectivity index (χ1) is 9.85. The number of nitrogens with one attached hydrogen (secondary N) is 1. The highest BCUT2D eigenvalue weighted by Crippen LogP contribution is 2.39. The Bertz CT molecular complexity index is 567.